The second-order valence-corrected chi connectivity index (χ2v) is 2.76. The van der Waals surface area contributed by atoms with E-state index in [-0.39, 0.29) is 6.61 Å². The van der Waals surface area contributed by atoms with E-state index in [1.807, 2.05) is 14.1 Å². The summed E-state index contributed by atoms with van der Waals surface area (Å²) in [5.41, 5.74) is 0.591. The third-order valence-corrected chi connectivity index (χ3v) is 1.58. The van der Waals surface area contributed by atoms with Gasteiger partial charge in [-0.25, -0.2) is 4.98 Å². The van der Waals surface area contributed by atoms with Gasteiger partial charge >= 0.3 is 0 Å². The lowest BCUT2D eigenvalue weighted by Crippen LogP contribution is -2.13. The first-order valence-corrected chi connectivity index (χ1v) is 3.87. The molecule has 0 aliphatic carbocycles. The van der Waals surface area contributed by atoms with Crippen molar-refractivity contribution >= 4 is 5.95 Å². The number of hydrogen-bond acceptors (Lipinski definition) is 5. The van der Waals surface area contributed by atoms with Gasteiger partial charge in [0.1, 0.15) is 0 Å². The highest BCUT2D eigenvalue weighted by Crippen LogP contribution is 2.16. The number of nitrogens with zero attached hydrogens (tertiary/aromatic N) is 3. The molecule has 1 heterocycles. The molecule has 13 heavy (non-hydrogen) atoms. The monoisotopic (exact) mass is 183 g/mol. The molecular weight excluding hydrogens is 170 g/mol. The lowest BCUT2D eigenvalue weighted by Gasteiger charge is -2.11. The van der Waals surface area contributed by atoms with Crippen molar-refractivity contribution in [2.75, 3.05) is 26.1 Å². The van der Waals surface area contributed by atoms with Crippen molar-refractivity contribution in [2.24, 2.45) is 0 Å². The van der Waals surface area contributed by atoms with Crippen molar-refractivity contribution in [3.8, 4) is 5.88 Å². The molecule has 0 aliphatic heterocycles. The normalized spacial score (nSPS) is 9.85. The second-order valence-electron chi connectivity index (χ2n) is 2.76. The molecule has 0 fully saturated rings. The van der Waals surface area contributed by atoms with Crippen LogP contribution in [-0.2, 0) is 6.61 Å². The van der Waals surface area contributed by atoms with Crippen molar-refractivity contribution < 1.29 is 9.84 Å². The summed E-state index contributed by atoms with van der Waals surface area (Å²) in [5.74, 6) is 0.982. The minimum atomic E-state index is -0.114. The number of aliphatic hydroxyl groups excluding tert-OH is 1. The summed E-state index contributed by atoms with van der Waals surface area (Å²) < 4.78 is 4.99. The molecule has 0 unspecified atom stereocenters. The fraction of sp³-hybridized carbons (Fsp3) is 0.500. The molecule has 72 valence electrons. The maximum Gasteiger partial charge on any atom is 0.228 e. The number of rotatable bonds is 3. The van der Waals surface area contributed by atoms with Crippen molar-refractivity contribution in [3.05, 3.63) is 11.8 Å². The van der Waals surface area contributed by atoms with E-state index in [0.29, 0.717) is 17.4 Å². The summed E-state index contributed by atoms with van der Waals surface area (Å²) in [4.78, 5) is 9.89. The Morgan fingerprint density at radius 1 is 1.54 bits per heavy atom. The SMILES string of the molecule is COc1nc(N(C)C)ncc1CO. The van der Waals surface area contributed by atoms with Crippen molar-refractivity contribution in [2.45, 2.75) is 6.61 Å². The third-order valence-electron chi connectivity index (χ3n) is 1.58. The molecule has 1 aromatic rings. The Labute approximate surface area is 77.0 Å². The van der Waals surface area contributed by atoms with Crippen LogP contribution in [0.1, 0.15) is 5.56 Å². The smallest absolute Gasteiger partial charge is 0.228 e. The summed E-state index contributed by atoms with van der Waals surface area (Å²) in [6.07, 6.45) is 1.56. The number of aromatic nitrogens is 2. The van der Waals surface area contributed by atoms with Gasteiger partial charge in [-0.2, -0.15) is 4.98 Å². The average Bonchev–Trinajstić information content (AvgIpc) is 2.16. The largest absolute Gasteiger partial charge is 0.481 e. The molecule has 0 bridgehead atoms. The summed E-state index contributed by atoms with van der Waals surface area (Å²) in [5, 5.41) is 8.91. The number of aliphatic hydroxyl groups is 1. The van der Waals surface area contributed by atoms with Crippen molar-refractivity contribution in [1.82, 2.24) is 9.97 Å². The van der Waals surface area contributed by atoms with E-state index in [1.165, 1.54) is 7.11 Å². The van der Waals surface area contributed by atoms with E-state index in [0.717, 1.165) is 0 Å². The molecule has 5 nitrogen and oxygen atoms in total. The average molecular weight is 183 g/mol. The maximum atomic E-state index is 8.91. The molecule has 0 atom stereocenters. The minimum absolute atomic E-state index is 0.114. The van der Waals surface area contributed by atoms with E-state index in [9.17, 15) is 0 Å². The van der Waals surface area contributed by atoms with E-state index in [2.05, 4.69) is 9.97 Å². The fourth-order valence-corrected chi connectivity index (χ4v) is 0.883. The highest BCUT2D eigenvalue weighted by Gasteiger charge is 2.07. The Kier molecular flexibility index (Phi) is 3.02. The molecule has 5 heteroatoms. The molecule has 1 N–H and O–H groups in total. The zero-order chi connectivity index (χ0) is 9.84. The van der Waals surface area contributed by atoms with Gasteiger partial charge in [0.2, 0.25) is 11.8 Å². The van der Waals surface area contributed by atoms with E-state index in [4.69, 9.17) is 9.84 Å². The van der Waals surface area contributed by atoms with E-state index < -0.39 is 0 Å². The van der Waals surface area contributed by atoms with Crippen LogP contribution in [0.25, 0.3) is 0 Å². The Balaban J connectivity index is 3.05. The predicted molar refractivity (Wildman–Crippen MR) is 48.8 cm³/mol. The van der Waals surface area contributed by atoms with Gasteiger partial charge in [-0.15, -0.1) is 0 Å². The Bertz CT molecular complexity index is 289. The number of ether oxygens (including phenoxy) is 1. The van der Waals surface area contributed by atoms with Crippen LogP contribution < -0.4 is 9.64 Å². The van der Waals surface area contributed by atoms with Gasteiger partial charge < -0.3 is 14.7 Å². The maximum absolute atomic E-state index is 8.91. The fourth-order valence-electron chi connectivity index (χ4n) is 0.883. The molecule has 0 saturated carbocycles. The van der Waals surface area contributed by atoms with Crippen LogP contribution in [-0.4, -0.2) is 36.3 Å². The summed E-state index contributed by atoms with van der Waals surface area (Å²) in [6.45, 7) is -0.114. The van der Waals surface area contributed by atoms with Gasteiger partial charge in [0.05, 0.1) is 19.3 Å². The topological polar surface area (TPSA) is 58.5 Å². The van der Waals surface area contributed by atoms with Crippen LogP contribution >= 0.6 is 0 Å². The summed E-state index contributed by atoms with van der Waals surface area (Å²) in [6, 6.07) is 0. The lowest BCUT2D eigenvalue weighted by molar-refractivity contribution is 0.271. The van der Waals surface area contributed by atoms with Crippen LogP contribution in [0.5, 0.6) is 5.88 Å². The standard InChI is InChI=1S/C8H13N3O2/c1-11(2)8-9-4-6(5-12)7(10-8)13-3/h4,12H,5H2,1-3H3. The van der Waals surface area contributed by atoms with Gasteiger partial charge in [0.15, 0.2) is 0 Å². The Morgan fingerprint density at radius 3 is 2.69 bits per heavy atom. The first kappa shape index (κ1) is 9.73. The van der Waals surface area contributed by atoms with Gasteiger partial charge in [-0.05, 0) is 0 Å². The molecule has 0 aliphatic rings. The van der Waals surface area contributed by atoms with Gasteiger partial charge in [0.25, 0.3) is 0 Å². The minimum Gasteiger partial charge on any atom is -0.481 e. The van der Waals surface area contributed by atoms with Crippen molar-refractivity contribution in [3.63, 3.8) is 0 Å². The Hall–Kier alpha value is -1.36. The van der Waals surface area contributed by atoms with Gasteiger partial charge in [-0.1, -0.05) is 0 Å². The van der Waals surface area contributed by atoms with Gasteiger partial charge in [-0.3, -0.25) is 0 Å². The highest BCUT2D eigenvalue weighted by molar-refractivity contribution is 5.34. The van der Waals surface area contributed by atoms with Crippen LogP contribution in [0, 0.1) is 0 Å². The second kappa shape index (κ2) is 4.04. The third kappa shape index (κ3) is 2.06. The van der Waals surface area contributed by atoms with Crippen LogP contribution in [0.4, 0.5) is 5.95 Å². The predicted octanol–water partition coefficient (Wildman–Crippen LogP) is 0.0435. The molecule has 1 rings (SSSR count). The summed E-state index contributed by atoms with van der Waals surface area (Å²) >= 11 is 0. The van der Waals surface area contributed by atoms with Crippen LogP contribution in [0.2, 0.25) is 0 Å². The number of hydrogen-bond donors (Lipinski definition) is 1. The van der Waals surface area contributed by atoms with Crippen LogP contribution in [0.15, 0.2) is 6.20 Å². The van der Waals surface area contributed by atoms with E-state index in [1.54, 1.807) is 11.1 Å². The molecular formula is C8H13N3O2. The van der Waals surface area contributed by atoms with Crippen molar-refractivity contribution in [1.29, 1.82) is 0 Å². The molecule has 0 radical (unpaired) electrons. The molecule has 1 aromatic heterocycles. The lowest BCUT2D eigenvalue weighted by atomic mass is 10.3. The molecule has 0 saturated heterocycles. The molecule has 0 aromatic carbocycles. The first-order valence-electron chi connectivity index (χ1n) is 3.87. The number of anilines is 1. The Morgan fingerprint density at radius 2 is 2.23 bits per heavy atom. The quantitative estimate of drug-likeness (QED) is 0.717. The van der Waals surface area contributed by atoms with Gasteiger partial charge in [0, 0.05) is 20.3 Å². The molecule has 0 spiro atoms. The highest BCUT2D eigenvalue weighted by atomic mass is 16.5. The number of methoxy groups -OCH3 is 1. The summed E-state index contributed by atoms with van der Waals surface area (Å²) in [7, 11) is 5.20. The molecule has 0 amide bonds. The zero-order valence-corrected chi connectivity index (χ0v) is 7.98. The zero-order valence-electron chi connectivity index (χ0n) is 7.98. The van der Waals surface area contributed by atoms with Crippen LogP contribution in [0.3, 0.4) is 0 Å². The van der Waals surface area contributed by atoms with E-state index >= 15 is 0 Å². The first-order chi connectivity index (χ1) is 6.19.